The van der Waals surface area contributed by atoms with Crippen LogP contribution < -0.4 is 5.69 Å². The maximum absolute atomic E-state index is 12.7. The molecule has 1 aliphatic heterocycles. The van der Waals surface area contributed by atoms with Crippen molar-refractivity contribution >= 4 is 16.8 Å². The number of benzene rings is 1. The molecule has 3 aromatic rings. The van der Waals surface area contributed by atoms with E-state index in [1.807, 2.05) is 30.3 Å². The van der Waals surface area contributed by atoms with E-state index in [0.29, 0.717) is 31.2 Å². The van der Waals surface area contributed by atoms with Crippen LogP contribution in [0.15, 0.2) is 41.2 Å². The van der Waals surface area contributed by atoms with Gasteiger partial charge in [-0.1, -0.05) is 24.3 Å². The minimum absolute atomic E-state index is 0.139. The number of carbonyl (C=O) groups excluding carboxylic acids is 1. The van der Waals surface area contributed by atoms with Crippen molar-refractivity contribution in [3.63, 3.8) is 0 Å². The highest BCUT2D eigenvalue weighted by atomic mass is 16.2. The van der Waals surface area contributed by atoms with Crippen LogP contribution in [0.25, 0.3) is 10.9 Å². The number of fused-ring (bicyclic) bond motifs is 2. The van der Waals surface area contributed by atoms with Gasteiger partial charge in [0.15, 0.2) is 5.82 Å². The maximum Gasteiger partial charge on any atom is 0.345 e. The Balaban J connectivity index is 1.65. The number of nitrogens with zero attached hydrogens (tertiary/aromatic N) is 5. The number of amides is 1. The molecule has 0 aliphatic carbocycles. The number of para-hydroxylation sites is 1. The van der Waals surface area contributed by atoms with Crippen molar-refractivity contribution in [3.05, 3.63) is 58.4 Å². The summed E-state index contributed by atoms with van der Waals surface area (Å²) in [6, 6.07) is 11.3. The lowest BCUT2D eigenvalue weighted by Gasteiger charge is -2.26. The van der Waals surface area contributed by atoms with Crippen molar-refractivity contribution in [2.75, 3.05) is 6.54 Å². The van der Waals surface area contributed by atoms with Gasteiger partial charge >= 0.3 is 5.69 Å². The first-order valence-electron chi connectivity index (χ1n) is 7.41. The quantitative estimate of drug-likeness (QED) is 0.666. The Morgan fingerprint density at radius 1 is 1.13 bits per heavy atom. The van der Waals surface area contributed by atoms with Gasteiger partial charge in [0.25, 0.3) is 5.91 Å². The number of pyridine rings is 1. The molecule has 3 heterocycles. The Hall–Kier alpha value is -2.96. The van der Waals surface area contributed by atoms with Crippen LogP contribution in [-0.2, 0) is 20.1 Å². The van der Waals surface area contributed by atoms with E-state index < -0.39 is 0 Å². The Labute approximate surface area is 131 Å². The van der Waals surface area contributed by atoms with Crippen molar-refractivity contribution in [1.29, 1.82) is 0 Å². The summed E-state index contributed by atoms with van der Waals surface area (Å²) in [5.74, 6) is 0.470. The molecule has 0 N–H and O–H groups in total. The lowest BCUT2D eigenvalue weighted by molar-refractivity contribution is 0.0701. The summed E-state index contributed by atoms with van der Waals surface area (Å²) in [5, 5.41) is 5.18. The predicted octanol–water partition coefficient (Wildman–Crippen LogP) is 0.786. The van der Waals surface area contributed by atoms with Crippen LogP contribution >= 0.6 is 0 Å². The summed E-state index contributed by atoms with van der Waals surface area (Å²) in [6.07, 6.45) is 0. The average Bonchev–Trinajstić information content (AvgIpc) is 2.87. The van der Waals surface area contributed by atoms with Crippen LogP contribution in [0.3, 0.4) is 0 Å². The maximum atomic E-state index is 12.7. The van der Waals surface area contributed by atoms with Crippen molar-refractivity contribution in [2.24, 2.45) is 7.05 Å². The summed E-state index contributed by atoms with van der Waals surface area (Å²) in [4.78, 5) is 30.7. The smallest absolute Gasteiger partial charge is 0.328 e. The van der Waals surface area contributed by atoms with Crippen molar-refractivity contribution in [3.8, 4) is 0 Å². The highest BCUT2D eigenvalue weighted by molar-refractivity contribution is 5.94. The lowest BCUT2D eigenvalue weighted by atomic mass is 10.2. The molecule has 0 saturated heterocycles. The highest BCUT2D eigenvalue weighted by Gasteiger charge is 2.25. The van der Waals surface area contributed by atoms with E-state index >= 15 is 0 Å². The van der Waals surface area contributed by atoms with Crippen LogP contribution in [0.5, 0.6) is 0 Å². The predicted molar refractivity (Wildman–Crippen MR) is 84.0 cm³/mol. The number of aryl methyl sites for hydroxylation is 1. The number of hydrogen-bond acceptors (Lipinski definition) is 4. The van der Waals surface area contributed by atoms with E-state index in [-0.39, 0.29) is 11.6 Å². The molecule has 0 unspecified atom stereocenters. The topological polar surface area (TPSA) is 73.0 Å². The Morgan fingerprint density at radius 2 is 1.96 bits per heavy atom. The second kappa shape index (κ2) is 5.05. The van der Waals surface area contributed by atoms with Crippen LogP contribution in [0.2, 0.25) is 0 Å². The Kier molecular flexibility index (Phi) is 3.00. The van der Waals surface area contributed by atoms with Gasteiger partial charge < -0.3 is 4.90 Å². The Bertz CT molecular complexity index is 972. The standard InChI is InChI=1S/C16H15N5O2/c1-19-16(23)21-9-8-20(10-14(21)18-19)15(22)13-7-6-11-4-2-3-5-12(11)17-13/h2-7H,8-10H2,1H3. The number of hydrogen-bond donors (Lipinski definition) is 0. The van der Waals surface area contributed by atoms with Gasteiger partial charge in [0.1, 0.15) is 5.69 Å². The molecule has 23 heavy (non-hydrogen) atoms. The summed E-state index contributed by atoms with van der Waals surface area (Å²) < 4.78 is 2.91. The SMILES string of the molecule is Cn1nc2n(c1=O)CCN(C(=O)c1ccc3ccccc3n1)C2. The van der Waals surface area contributed by atoms with Crippen LogP contribution in [-0.4, -0.2) is 36.7 Å². The highest BCUT2D eigenvalue weighted by Crippen LogP contribution is 2.15. The molecule has 0 atom stereocenters. The molecule has 0 fully saturated rings. The van der Waals surface area contributed by atoms with Crippen LogP contribution in [0.1, 0.15) is 16.3 Å². The van der Waals surface area contributed by atoms with Crippen molar-refractivity contribution in [1.82, 2.24) is 24.2 Å². The molecule has 2 aromatic heterocycles. The molecule has 1 aromatic carbocycles. The molecule has 7 heteroatoms. The summed E-state index contributed by atoms with van der Waals surface area (Å²) in [5.41, 5.74) is 1.07. The summed E-state index contributed by atoms with van der Waals surface area (Å²) in [6.45, 7) is 1.26. The van der Waals surface area contributed by atoms with E-state index in [2.05, 4.69) is 10.1 Å². The summed E-state index contributed by atoms with van der Waals surface area (Å²) >= 11 is 0. The van der Waals surface area contributed by atoms with Gasteiger partial charge in [-0.15, -0.1) is 0 Å². The molecule has 0 spiro atoms. The van der Waals surface area contributed by atoms with E-state index in [1.54, 1.807) is 22.6 Å². The molecule has 116 valence electrons. The zero-order chi connectivity index (χ0) is 16.0. The van der Waals surface area contributed by atoms with Crippen LogP contribution in [0.4, 0.5) is 0 Å². The fourth-order valence-electron chi connectivity index (χ4n) is 2.89. The fourth-order valence-corrected chi connectivity index (χ4v) is 2.89. The second-order valence-electron chi connectivity index (χ2n) is 5.59. The molecule has 1 aliphatic rings. The molecule has 4 rings (SSSR count). The third kappa shape index (κ3) is 2.21. The van der Waals surface area contributed by atoms with E-state index in [4.69, 9.17) is 0 Å². The minimum atomic E-state index is -0.143. The van der Waals surface area contributed by atoms with Crippen molar-refractivity contribution < 1.29 is 4.79 Å². The first kappa shape index (κ1) is 13.7. The van der Waals surface area contributed by atoms with Gasteiger partial charge in [0.05, 0.1) is 12.1 Å². The van der Waals surface area contributed by atoms with E-state index in [9.17, 15) is 9.59 Å². The molecule has 1 amide bonds. The first-order chi connectivity index (χ1) is 11.1. The van der Waals surface area contributed by atoms with Crippen molar-refractivity contribution in [2.45, 2.75) is 13.1 Å². The first-order valence-corrected chi connectivity index (χ1v) is 7.41. The third-order valence-electron chi connectivity index (χ3n) is 4.12. The molecule has 0 bridgehead atoms. The molecular weight excluding hydrogens is 294 g/mol. The number of rotatable bonds is 1. The van der Waals surface area contributed by atoms with E-state index in [0.717, 1.165) is 10.9 Å². The number of aromatic nitrogens is 4. The van der Waals surface area contributed by atoms with Crippen LogP contribution in [0, 0.1) is 0 Å². The van der Waals surface area contributed by atoms with Gasteiger partial charge in [-0.25, -0.2) is 14.5 Å². The average molecular weight is 309 g/mol. The van der Waals surface area contributed by atoms with Gasteiger partial charge in [0, 0.05) is 25.5 Å². The largest absolute Gasteiger partial charge is 0.345 e. The molecule has 7 nitrogen and oxygen atoms in total. The monoisotopic (exact) mass is 309 g/mol. The van der Waals surface area contributed by atoms with Gasteiger partial charge in [-0.05, 0) is 12.1 Å². The fraction of sp³-hybridized carbons (Fsp3) is 0.250. The zero-order valence-electron chi connectivity index (χ0n) is 12.6. The molecule has 0 saturated carbocycles. The Morgan fingerprint density at radius 3 is 2.83 bits per heavy atom. The molecule has 0 radical (unpaired) electrons. The molecular formula is C16H15N5O2. The minimum Gasteiger partial charge on any atom is -0.328 e. The zero-order valence-corrected chi connectivity index (χ0v) is 12.6. The van der Waals surface area contributed by atoms with Gasteiger partial charge in [0.2, 0.25) is 0 Å². The second-order valence-corrected chi connectivity index (χ2v) is 5.59. The van der Waals surface area contributed by atoms with E-state index in [1.165, 1.54) is 4.68 Å². The number of carbonyl (C=O) groups is 1. The lowest BCUT2D eigenvalue weighted by Crippen LogP contribution is -2.41. The normalized spacial score (nSPS) is 14.0. The van der Waals surface area contributed by atoms with Gasteiger partial charge in [-0.2, -0.15) is 5.10 Å². The summed E-state index contributed by atoms with van der Waals surface area (Å²) in [7, 11) is 1.62. The third-order valence-corrected chi connectivity index (χ3v) is 4.12. The van der Waals surface area contributed by atoms with Gasteiger partial charge in [-0.3, -0.25) is 9.36 Å².